The van der Waals surface area contributed by atoms with Crippen LogP contribution in [0.25, 0.3) is 0 Å². The van der Waals surface area contributed by atoms with E-state index in [4.69, 9.17) is 5.73 Å². The number of carbonyl (C=O) groups is 1. The number of hydrogen-bond donors (Lipinski definition) is 1. The quantitative estimate of drug-likeness (QED) is 0.503. The molecule has 3 heteroatoms. The molecule has 0 aliphatic heterocycles. The van der Waals surface area contributed by atoms with Crippen molar-refractivity contribution in [1.29, 1.82) is 0 Å². The maximum atomic E-state index is 10.8. The van der Waals surface area contributed by atoms with Gasteiger partial charge in [-0.3, -0.25) is 4.79 Å². The average Bonchev–Trinajstić information content (AvgIpc) is 2.41. The SMILES string of the molecule is COC(=O)C1(C)CC1N. The van der Waals surface area contributed by atoms with Crippen molar-refractivity contribution in [3.63, 3.8) is 0 Å². The molecule has 0 radical (unpaired) electrons. The van der Waals surface area contributed by atoms with Crippen LogP contribution in [0, 0.1) is 5.41 Å². The van der Waals surface area contributed by atoms with Crippen LogP contribution in [0.3, 0.4) is 0 Å². The van der Waals surface area contributed by atoms with Crippen LogP contribution in [0.4, 0.5) is 0 Å². The summed E-state index contributed by atoms with van der Waals surface area (Å²) in [6.07, 6.45) is 0.764. The molecule has 3 nitrogen and oxygen atoms in total. The maximum absolute atomic E-state index is 10.8. The summed E-state index contributed by atoms with van der Waals surface area (Å²) in [6.45, 7) is 1.82. The molecule has 2 N–H and O–H groups in total. The Morgan fingerprint density at radius 2 is 2.33 bits per heavy atom. The van der Waals surface area contributed by atoms with Crippen LogP contribution in [0.5, 0.6) is 0 Å². The zero-order chi connectivity index (χ0) is 7.07. The van der Waals surface area contributed by atoms with E-state index in [1.165, 1.54) is 7.11 Å². The summed E-state index contributed by atoms with van der Waals surface area (Å²) >= 11 is 0. The van der Waals surface area contributed by atoms with Gasteiger partial charge in [0.25, 0.3) is 0 Å². The predicted molar refractivity (Wildman–Crippen MR) is 32.7 cm³/mol. The number of methoxy groups -OCH3 is 1. The largest absolute Gasteiger partial charge is 0.469 e. The third-order valence-electron chi connectivity index (χ3n) is 1.95. The highest BCUT2D eigenvalue weighted by molar-refractivity contribution is 5.80. The van der Waals surface area contributed by atoms with E-state index < -0.39 is 0 Å². The lowest BCUT2D eigenvalue weighted by Crippen LogP contribution is -2.21. The van der Waals surface area contributed by atoms with E-state index in [9.17, 15) is 4.79 Å². The van der Waals surface area contributed by atoms with Crippen LogP contribution in [-0.2, 0) is 9.53 Å². The van der Waals surface area contributed by atoms with Gasteiger partial charge in [-0.2, -0.15) is 0 Å². The highest BCUT2D eigenvalue weighted by Gasteiger charge is 2.55. The molecule has 0 aromatic carbocycles. The van der Waals surface area contributed by atoms with Crippen LogP contribution in [0.1, 0.15) is 13.3 Å². The predicted octanol–water partition coefficient (Wildman–Crippen LogP) is -0.103. The van der Waals surface area contributed by atoms with Gasteiger partial charge in [0.05, 0.1) is 12.5 Å². The minimum absolute atomic E-state index is 0.0185. The number of ether oxygens (including phenoxy) is 1. The van der Waals surface area contributed by atoms with E-state index in [-0.39, 0.29) is 17.4 Å². The standard InChI is InChI=1S/C6H11NO2/c1-6(3-4(6)7)5(8)9-2/h4H,3,7H2,1-2H3. The second kappa shape index (κ2) is 1.70. The Balaban J connectivity index is 2.53. The molecule has 0 heterocycles. The van der Waals surface area contributed by atoms with E-state index >= 15 is 0 Å². The first-order valence-corrected chi connectivity index (χ1v) is 2.95. The van der Waals surface area contributed by atoms with Crippen molar-refractivity contribution in [3.8, 4) is 0 Å². The second-order valence-electron chi connectivity index (χ2n) is 2.72. The van der Waals surface area contributed by atoms with Gasteiger partial charge < -0.3 is 10.5 Å². The number of rotatable bonds is 1. The lowest BCUT2D eigenvalue weighted by Gasteiger charge is -2.04. The van der Waals surface area contributed by atoms with E-state index in [0.717, 1.165) is 6.42 Å². The van der Waals surface area contributed by atoms with Crippen molar-refractivity contribution < 1.29 is 9.53 Å². The molecule has 0 spiro atoms. The first kappa shape index (κ1) is 6.55. The van der Waals surface area contributed by atoms with Crippen LogP contribution >= 0.6 is 0 Å². The first-order valence-electron chi connectivity index (χ1n) is 2.95. The Labute approximate surface area is 54.2 Å². The molecule has 0 amide bonds. The minimum atomic E-state index is -0.366. The van der Waals surface area contributed by atoms with E-state index in [1.807, 2.05) is 6.92 Å². The minimum Gasteiger partial charge on any atom is -0.469 e. The van der Waals surface area contributed by atoms with Crippen LogP contribution in [0.15, 0.2) is 0 Å². The Kier molecular flexibility index (Phi) is 1.24. The van der Waals surface area contributed by atoms with Crippen molar-refractivity contribution >= 4 is 5.97 Å². The first-order chi connectivity index (χ1) is 4.11. The van der Waals surface area contributed by atoms with Crippen LogP contribution in [0.2, 0.25) is 0 Å². The summed E-state index contributed by atoms with van der Waals surface area (Å²) in [4.78, 5) is 10.8. The molecule has 0 saturated heterocycles. The molecule has 1 fully saturated rings. The maximum Gasteiger partial charge on any atom is 0.313 e. The molecule has 9 heavy (non-hydrogen) atoms. The fourth-order valence-electron chi connectivity index (χ4n) is 0.866. The van der Waals surface area contributed by atoms with Crippen molar-refractivity contribution in [2.75, 3.05) is 7.11 Å². The van der Waals surface area contributed by atoms with Gasteiger partial charge >= 0.3 is 5.97 Å². The van der Waals surface area contributed by atoms with Gasteiger partial charge in [-0.25, -0.2) is 0 Å². The normalized spacial score (nSPS) is 40.1. The molecule has 0 aromatic rings. The molecular formula is C6H11NO2. The van der Waals surface area contributed by atoms with Crippen LogP contribution in [-0.4, -0.2) is 19.1 Å². The second-order valence-corrected chi connectivity index (χ2v) is 2.72. The molecule has 2 atom stereocenters. The molecule has 0 bridgehead atoms. The Morgan fingerprint density at radius 3 is 2.44 bits per heavy atom. The molecular weight excluding hydrogens is 118 g/mol. The summed E-state index contributed by atoms with van der Waals surface area (Å²) in [5.41, 5.74) is 5.11. The average molecular weight is 129 g/mol. The number of nitrogens with two attached hydrogens (primary N) is 1. The van der Waals surface area contributed by atoms with Gasteiger partial charge in [0.15, 0.2) is 0 Å². The summed E-state index contributed by atoms with van der Waals surface area (Å²) in [5.74, 6) is -0.185. The summed E-state index contributed by atoms with van der Waals surface area (Å²) in [6, 6.07) is 0.0185. The molecule has 2 unspecified atom stereocenters. The van der Waals surface area contributed by atoms with Crippen LogP contribution < -0.4 is 5.73 Å². The summed E-state index contributed by atoms with van der Waals surface area (Å²) < 4.78 is 4.53. The molecule has 52 valence electrons. The molecule has 1 aliphatic rings. The monoisotopic (exact) mass is 129 g/mol. The fraction of sp³-hybridized carbons (Fsp3) is 0.833. The highest BCUT2D eigenvalue weighted by atomic mass is 16.5. The summed E-state index contributed by atoms with van der Waals surface area (Å²) in [7, 11) is 1.39. The zero-order valence-corrected chi connectivity index (χ0v) is 5.68. The van der Waals surface area contributed by atoms with Gasteiger partial charge in [0.2, 0.25) is 0 Å². The van der Waals surface area contributed by atoms with Crippen molar-refractivity contribution in [3.05, 3.63) is 0 Å². The Bertz CT molecular complexity index is 146. The Morgan fingerprint density at radius 1 is 1.89 bits per heavy atom. The smallest absolute Gasteiger partial charge is 0.313 e. The van der Waals surface area contributed by atoms with Gasteiger partial charge in [-0.1, -0.05) is 0 Å². The number of hydrogen-bond acceptors (Lipinski definition) is 3. The topological polar surface area (TPSA) is 52.3 Å². The zero-order valence-electron chi connectivity index (χ0n) is 5.68. The van der Waals surface area contributed by atoms with Gasteiger partial charge in [0.1, 0.15) is 0 Å². The molecule has 0 aromatic heterocycles. The molecule has 1 rings (SSSR count). The van der Waals surface area contributed by atoms with E-state index in [2.05, 4.69) is 4.74 Å². The van der Waals surface area contributed by atoms with E-state index in [0.29, 0.717) is 0 Å². The summed E-state index contributed by atoms with van der Waals surface area (Å²) in [5, 5.41) is 0. The fourth-order valence-corrected chi connectivity index (χ4v) is 0.866. The van der Waals surface area contributed by atoms with Crippen molar-refractivity contribution in [2.24, 2.45) is 11.1 Å². The highest BCUT2D eigenvalue weighted by Crippen LogP contribution is 2.44. The van der Waals surface area contributed by atoms with E-state index in [1.54, 1.807) is 0 Å². The lowest BCUT2D eigenvalue weighted by atomic mass is 10.1. The lowest BCUT2D eigenvalue weighted by molar-refractivity contribution is -0.146. The third kappa shape index (κ3) is 0.812. The van der Waals surface area contributed by atoms with Gasteiger partial charge in [-0.15, -0.1) is 0 Å². The Hall–Kier alpha value is -0.570. The molecule has 1 aliphatic carbocycles. The van der Waals surface area contributed by atoms with Crippen molar-refractivity contribution in [2.45, 2.75) is 19.4 Å². The number of esters is 1. The van der Waals surface area contributed by atoms with Gasteiger partial charge in [0, 0.05) is 6.04 Å². The number of carbonyl (C=O) groups excluding carboxylic acids is 1. The van der Waals surface area contributed by atoms with Crippen molar-refractivity contribution in [1.82, 2.24) is 0 Å². The molecule has 1 saturated carbocycles. The third-order valence-corrected chi connectivity index (χ3v) is 1.95. The van der Waals surface area contributed by atoms with Gasteiger partial charge in [-0.05, 0) is 13.3 Å².